The largest absolute Gasteiger partial charge is 0.224 e. The van der Waals surface area contributed by atoms with Gasteiger partial charge in [-0.3, -0.25) is 0 Å². The molecule has 0 aliphatic carbocycles. The maximum absolute atomic E-state index is 5.99. The summed E-state index contributed by atoms with van der Waals surface area (Å²) in [5.74, 6) is 0. The van der Waals surface area contributed by atoms with Crippen LogP contribution in [0.1, 0.15) is 26.3 Å². The van der Waals surface area contributed by atoms with E-state index in [2.05, 4.69) is 30.7 Å². The van der Waals surface area contributed by atoms with Gasteiger partial charge in [-0.1, -0.05) is 38.4 Å². The van der Waals surface area contributed by atoms with Crippen molar-refractivity contribution in [3.8, 4) is 0 Å². The summed E-state index contributed by atoms with van der Waals surface area (Å²) in [4.78, 5) is 8.09. The number of fused-ring (bicyclic) bond motifs is 1. The number of benzene rings is 1. The third-order valence-corrected chi connectivity index (χ3v) is 2.95. The highest BCUT2D eigenvalue weighted by Crippen LogP contribution is 2.28. The topological polar surface area (TPSA) is 25.8 Å². The van der Waals surface area contributed by atoms with Crippen LogP contribution in [0.25, 0.3) is 10.9 Å². The minimum Gasteiger partial charge on any atom is -0.218 e. The fourth-order valence-corrected chi connectivity index (χ4v) is 1.99. The van der Waals surface area contributed by atoms with Gasteiger partial charge in [0.15, 0.2) is 0 Å². The molecule has 0 spiro atoms. The molecule has 0 saturated heterocycles. The monoisotopic (exact) mass is 254 g/mol. The average Bonchev–Trinajstić information content (AvgIpc) is 2.15. The fraction of sp³-hybridized carbons (Fsp3) is 0.333. The van der Waals surface area contributed by atoms with Gasteiger partial charge in [0.2, 0.25) is 5.28 Å². The molecule has 4 heteroatoms. The lowest BCUT2D eigenvalue weighted by molar-refractivity contribution is 0.591. The second kappa shape index (κ2) is 3.86. The Morgan fingerprint density at radius 3 is 2.38 bits per heavy atom. The van der Waals surface area contributed by atoms with E-state index in [0.717, 1.165) is 10.9 Å². The Morgan fingerprint density at radius 2 is 1.75 bits per heavy atom. The molecule has 2 nitrogen and oxygen atoms in total. The fourth-order valence-electron chi connectivity index (χ4n) is 1.53. The summed E-state index contributed by atoms with van der Waals surface area (Å²) in [5.41, 5.74) is 2.07. The van der Waals surface area contributed by atoms with Crippen LogP contribution in [-0.4, -0.2) is 9.97 Å². The van der Waals surface area contributed by atoms with Crippen molar-refractivity contribution in [3.05, 3.63) is 34.2 Å². The molecule has 0 amide bonds. The molecule has 2 aromatic rings. The Kier molecular flexibility index (Phi) is 2.81. The molecule has 0 N–H and O–H groups in total. The Hall–Kier alpha value is -0.860. The number of aromatic nitrogens is 2. The molecule has 84 valence electrons. The molecular formula is C12H12Cl2N2. The molecule has 16 heavy (non-hydrogen) atoms. The quantitative estimate of drug-likeness (QED) is 0.520. The van der Waals surface area contributed by atoms with Crippen molar-refractivity contribution in [2.24, 2.45) is 0 Å². The number of nitrogens with zero attached hydrogens (tertiary/aromatic N) is 2. The van der Waals surface area contributed by atoms with Crippen molar-refractivity contribution < 1.29 is 0 Å². The van der Waals surface area contributed by atoms with E-state index < -0.39 is 0 Å². The zero-order valence-electron chi connectivity index (χ0n) is 9.38. The van der Waals surface area contributed by atoms with Crippen LogP contribution >= 0.6 is 23.2 Å². The first kappa shape index (κ1) is 11.6. The van der Waals surface area contributed by atoms with E-state index in [4.69, 9.17) is 23.2 Å². The lowest BCUT2D eigenvalue weighted by Gasteiger charge is -2.19. The summed E-state index contributed by atoms with van der Waals surface area (Å²) < 4.78 is 0. The van der Waals surface area contributed by atoms with E-state index in [-0.39, 0.29) is 10.7 Å². The summed E-state index contributed by atoms with van der Waals surface area (Å²) in [6.07, 6.45) is 0. The molecule has 0 unspecified atom stereocenters. The van der Waals surface area contributed by atoms with E-state index in [9.17, 15) is 0 Å². The molecule has 0 bridgehead atoms. The lowest BCUT2D eigenvalue weighted by atomic mass is 9.87. The summed E-state index contributed by atoms with van der Waals surface area (Å²) >= 11 is 11.8. The molecule has 0 aliphatic heterocycles. The van der Waals surface area contributed by atoms with Crippen LogP contribution in [0, 0.1) is 0 Å². The molecule has 1 heterocycles. The normalized spacial score (nSPS) is 12.1. The summed E-state index contributed by atoms with van der Waals surface area (Å²) in [7, 11) is 0. The van der Waals surface area contributed by atoms with Crippen LogP contribution in [0.4, 0.5) is 0 Å². The SMILES string of the molecule is CC(C)(C)c1ccc2c(Cl)nc(Cl)nc2c1. The second-order valence-corrected chi connectivity index (χ2v) is 5.46. The third-order valence-electron chi connectivity index (χ3n) is 2.49. The second-order valence-electron chi connectivity index (χ2n) is 4.77. The number of hydrogen-bond acceptors (Lipinski definition) is 2. The van der Waals surface area contributed by atoms with Crippen LogP contribution in [0.15, 0.2) is 18.2 Å². The highest BCUT2D eigenvalue weighted by atomic mass is 35.5. The predicted octanol–water partition coefficient (Wildman–Crippen LogP) is 4.23. The van der Waals surface area contributed by atoms with Crippen molar-refractivity contribution in [3.63, 3.8) is 0 Å². The number of halogens is 2. The van der Waals surface area contributed by atoms with Gasteiger partial charge in [-0.15, -0.1) is 0 Å². The van der Waals surface area contributed by atoms with Gasteiger partial charge in [0.1, 0.15) is 5.15 Å². The summed E-state index contributed by atoms with van der Waals surface area (Å²) in [6.45, 7) is 6.45. The molecule has 0 fully saturated rings. The standard InChI is InChI=1S/C12H12Cl2N2/c1-12(2,3)7-4-5-8-9(6-7)15-11(14)16-10(8)13/h4-6H,1-3H3. The van der Waals surface area contributed by atoms with E-state index >= 15 is 0 Å². The first-order chi connectivity index (χ1) is 7.38. The molecule has 1 aromatic heterocycles. The van der Waals surface area contributed by atoms with Crippen LogP contribution in [0.5, 0.6) is 0 Å². The number of hydrogen-bond donors (Lipinski definition) is 0. The first-order valence-corrected chi connectivity index (χ1v) is 5.77. The van der Waals surface area contributed by atoms with Gasteiger partial charge in [-0.2, -0.15) is 0 Å². The van der Waals surface area contributed by atoms with Crippen LogP contribution in [-0.2, 0) is 5.41 Å². The maximum atomic E-state index is 5.99. The molecule has 2 rings (SSSR count). The first-order valence-electron chi connectivity index (χ1n) is 5.01. The number of rotatable bonds is 0. The highest BCUT2D eigenvalue weighted by Gasteiger charge is 2.15. The Balaban J connectivity index is 2.71. The minimum atomic E-state index is 0.0814. The lowest BCUT2D eigenvalue weighted by Crippen LogP contribution is -2.10. The van der Waals surface area contributed by atoms with Crippen molar-refractivity contribution >= 4 is 34.1 Å². The van der Waals surface area contributed by atoms with Crippen LogP contribution < -0.4 is 0 Å². The average molecular weight is 255 g/mol. The summed E-state index contributed by atoms with van der Waals surface area (Å²) in [5, 5.41) is 1.41. The summed E-state index contributed by atoms with van der Waals surface area (Å²) in [6, 6.07) is 5.99. The van der Waals surface area contributed by atoms with Gasteiger partial charge in [-0.25, -0.2) is 9.97 Å². The van der Waals surface area contributed by atoms with Crippen molar-refractivity contribution in [1.29, 1.82) is 0 Å². The Morgan fingerprint density at radius 1 is 1.06 bits per heavy atom. The molecule has 0 atom stereocenters. The molecule has 1 aromatic carbocycles. The van der Waals surface area contributed by atoms with E-state index in [1.54, 1.807) is 0 Å². The van der Waals surface area contributed by atoms with Gasteiger partial charge in [0.05, 0.1) is 5.52 Å². The Labute approximate surface area is 105 Å². The molecule has 0 radical (unpaired) electrons. The smallest absolute Gasteiger partial charge is 0.218 e. The van der Waals surface area contributed by atoms with Gasteiger partial charge >= 0.3 is 0 Å². The highest BCUT2D eigenvalue weighted by molar-refractivity contribution is 6.35. The van der Waals surface area contributed by atoms with Crippen molar-refractivity contribution in [1.82, 2.24) is 9.97 Å². The van der Waals surface area contributed by atoms with Crippen molar-refractivity contribution in [2.75, 3.05) is 0 Å². The molecule has 0 aliphatic rings. The van der Waals surface area contributed by atoms with Gasteiger partial charge in [0, 0.05) is 5.39 Å². The van der Waals surface area contributed by atoms with Crippen molar-refractivity contribution in [2.45, 2.75) is 26.2 Å². The Bertz CT molecular complexity index is 544. The van der Waals surface area contributed by atoms with E-state index in [1.165, 1.54) is 5.56 Å². The van der Waals surface area contributed by atoms with Crippen LogP contribution in [0.3, 0.4) is 0 Å². The molecular weight excluding hydrogens is 243 g/mol. The van der Waals surface area contributed by atoms with Gasteiger partial charge in [-0.05, 0) is 34.7 Å². The van der Waals surface area contributed by atoms with E-state index in [1.807, 2.05) is 18.2 Å². The maximum Gasteiger partial charge on any atom is 0.224 e. The van der Waals surface area contributed by atoms with Gasteiger partial charge < -0.3 is 0 Å². The van der Waals surface area contributed by atoms with E-state index in [0.29, 0.717) is 5.15 Å². The van der Waals surface area contributed by atoms with Crippen LogP contribution in [0.2, 0.25) is 10.4 Å². The zero-order valence-corrected chi connectivity index (χ0v) is 10.9. The zero-order chi connectivity index (χ0) is 11.9. The minimum absolute atomic E-state index is 0.0814. The third kappa shape index (κ3) is 2.13. The van der Waals surface area contributed by atoms with Gasteiger partial charge in [0.25, 0.3) is 0 Å². The predicted molar refractivity (Wildman–Crippen MR) is 68.3 cm³/mol. The molecule has 0 saturated carbocycles.